The molecule has 0 saturated heterocycles. The molecule has 4 rings (SSSR count). The lowest BCUT2D eigenvalue weighted by Gasteiger charge is -2.07. The van der Waals surface area contributed by atoms with Gasteiger partial charge < -0.3 is 14.6 Å². The van der Waals surface area contributed by atoms with Gasteiger partial charge in [-0.05, 0) is 50.2 Å². The van der Waals surface area contributed by atoms with Gasteiger partial charge in [-0.1, -0.05) is 29.1 Å². The first-order valence-electron chi connectivity index (χ1n) is 10.4. The lowest BCUT2D eigenvalue weighted by atomic mass is 10.1. The number of benzene rings is 2. The summed E-state index contributed by atoms with van der Waals surface area (Å²) < 4.78 is 12.4. The zero-order valence-corrected chi connectivity index (χ0v) is 19.6. The first-order valence-corrected chi connectivity index (χ1v) is 11.4. The standard InChI is InChI=1S/C23H22N6O4S/c1-4-29-21(22-25-20(28-33-22)15-8-10-18(32-3)11-9-15)26-27-23(29)34-13-19(31)24-17-7-5-6-16(12-17)14(2)30/h5-12H,4,13H2,1-3H3,(H,24,31). The van der Waals surface area contributed by atoms with E-state index >= 15 is 0 Å². The van der Waals surface area contributed by atoms with Crippen molar-refractivity contribution in [3.05, 3.63) is 54.1 Å². The number of ketones is 1. The molecular formula is C23H22N6O4S. The minimum atomic E-state index is -0.225. The number of carbonyl (C=O) groups is 2. The van der Waals surface area contributed by atoms with Crippen molar-refractivity contribution in [2.75, 3.05) is 18.2 Å². The summed E-state index contributed by atoms with van der Waals surface area (Å²) in [4.78, 5) is 28.4. The van der Waals surface area contributed by atoms with E-state index in [1.54, 1.807) is 35.9 Å². The molecule has 0 radical (unpaired) electrons. The van der Waals surface area contributed by atoms with Gasteiger partial charge in [0.1, 0.15) is 5.75 Å². The summed E-state index contributed by atoms with van der Waals surface area (Å²) in [5, 5.41) is 15.8. The van der Waals surface area contributed by atoms with Crippen molar-refractivity contribution >= 4 is 29.1 Å². The highest BCUT2D eigenvalue weighted by Crippen LogP contribution is 2.26. The van der Waals surface area contributed by atoms with Gasteiger partial charge in [0.2, 0.25) is 17.6 Å². The number of anilines is 1. The average molecular weight is 479 g/mol. The Balaban J connectivity index is 1.44. The lowest BCUT2D eigenvalue weighted by Crippen LogP contribution is -2.15. The van der Waals surface area contributed by atoms with Gasteiger partial charge in [-0.25, -0.2) is 0 Å². The maximum Gasteiger partial charge on any atom is 0.296 e. The van der Waals surface area contributed by atoms with Crippen molar-refractivity contribution in [1.29, 1.82) is 0 Å². The topological polar surface area (TPSA) is 125 Å². The number of methoxy groups -OCH3 is 1. The molecule has 174 valence electrons. The predicted molar refractivity (Wildman–Crippen MR) is 127 cm³/mol. The fraction of sp³-hybridized carbons (Fsp3) is 0.217. The molecule has 10 nitrogen and oxygen atoms in total. The molecule has 0 atom stereocenters. The van der Waals surface area contributed by atoms with Crippen molar-refractivity contribution in [3.63, 3.8) is 0 Å². The molecule has 2 aromatic heterocycles. The number of nitrogens with zero attached hydrogens (tertiary/aromatic N) is 5. The molecule has 1 amide bonds. The number of hydrogen-bond donors (Lipinski definition) is 1. The Morgan fingerprint density at radius 1 is 1.15 bits per heavy atom. The van der Waals surface area contributed by atoms with E-state index in [1.807, 2.05) is 31.2 Å². The molecule has 0 bridgehead atoms. The van der Waals surface area contributed by atoms with Crippen molar-refractivity contribution in [2.24, 2.45) is 0 Å². The Labute approximate surface area is 199 Å². The maximum absolute atomic E-state index is 12.4. The van der Waals surface area contributed by atoms with Crippen LogP contribution in [-0.2, 0) is 11.3 Å². The molecule has 0 aliphatic rings. The summed E-state index contributed by atoms with van der Waals surface area (Å²) in [6.07, 6.45) is 0. The van der Waals surface area contributed by atoms with Crippen molar-refractivity contribution in [2.45, 2.75) is 25.5 Å². The largest absolute Gasteiger partial charge is 0.497 e. The van der Waals surface area contributed by atoms with E-state index in [4.69, 9.17) is 9.26 Å². The third kappa shape index (κ3) is 5.15. The van der Waals surface area contributed by atoms with Crippen LogP contribution in [0.25, 0.3) is 23.1 Å². The summed E-state index contributed by atoms with van der Waals surface area (Å²) >= 11 is 1.24. The molecule has 11 heteroatoms. The molecule has 34 heavy (non-hydrogen) atoms. The highest BCUT2D eigenvalue weighted by molar-refractivity contribution is 7.99. The van der Waals surface area contributed by atoms with E-state index in [0.717, 1.165) is 11.3 Å². The molecule has 0 fully saturated rings. The smallest absolute Gasteiger partial charge is 0.296 e. The van der Waals surface area contributed by atoms with E-state index < -0.39 is 0 Å². The Kier molecular flexibility index (Phi) is 7.02. The Morgan fingerprint density at radius 3 is 2.65 bits per heavy atom. The van der Waals surface area contributed by atoms with Crippen molar-refractivity contribution in [3.8, 4) is 28.9 Å². The van der Waals surface area contributed by atoms with Gasteiger partial charge in [0, 0.05) is 23.4 Å². The second kappa shape index (κ2) is 10.3. The van der Waals surface area contributed by atoms with Crippen LogP contribution in [0.4, 0.5) is 5.69 Å². The van der Waals surface area contributed by atoms with E-state index in [2.05, 4.69) is 25.7 Å². The van der Waals surface area contributed by atoms with Crippen LogP contribution in [0.3, 0.4) is 0 Å². The average Bonchev–Trinajstić information content (AvgIpc) is 3.50. The zero-order valence-electron chi connectivity index (χ0n) is 18.8. The number of Topliss-reactive ketones (excluding diaryl/α,β-unsaturated/α-hetero) is 1. The molecular weight excluding hydrogens is 456 g/mol. The molecule has 4 aromatic rings. The predicted octanol–water partition coefficient (Wildman–Crippen LogP) is 3.96. The fourth-order valence-corrected chi connectivity index (χ4v) is 3.96. The summed E-state index contributed by atoms with van der Waals surface area (Å²) in [5.41, 5.74) is 1.88. The number of aromatic nitrogens is 5. The first-order chi connectivity index (χ1) is 16.5. The summed E-state index contributed by atoms with van der Waals surface area (Å²) in [6, 6.07) is 14.1. The quantitative estimate of drug-likeness (QED) is 0.281. The second-order valence-corrected chi connectivity index (χ2v) is 8.12. The van der Waals surface area contributed by atoms with E-state index in [1.165, 1.54) is 18.7 Å². The number of carbonyl (C=O) groups excluding carboxylic acids is 2. The van der Waals surface area contributed by atoms with Crippen LogP contribution < -0.4 is 10.1 Å². The number of rotatable bonds is 9. The van der Waals surface area contributed by atoms with Crippen LogP contribution in [0, 0.1) is 0 Å². The summed E-state index contributed by atoms with van der Waals surface area (Å²) in [7, 11) is 1.60. The van der Waals surface area contributed by atoms with E-state index in [9.17, 15) is 9.59 Å². The fourth-order valence-electron chi connectivity index (χ4n) is 3.15. The van der Waals surface area contributed by atoms with Gasteiger partial charge in [-0.3, -0.25) is 14.2 Å². The minimum Gasteiger partial charge on any atom is -0.497 e. The number of ether oxygens (including phenoxy) is 1. The number of amides is 1. The minimum absolute atomic E-state index is 0.0646. The zero-order chi connectivity index (χ0) is 24.1. The normalized spacial score (nSPS) is 10.8. The molecule has 1 N–H and O–H groups in total. The van der Waals surface area contributed by atoms with Crippen LogP contribution in [-0.4, -0.2) is 49.5 Å². The Hall–Kier alpha value is -3.99. The second-order valence-electron chi connectivity index (χ2n) is 7.18. The molecule has 0 unspecified atom stereocenters. The van der Waals surface area contributed by atoms with Crippen LogP contribution in [0.5, 0.6) is 5.75 Å². The summed E-state index contributed by atoms with van der Waals surface area (Å²) in [6.45, 7) is 3.97. The number of hydrogen-bond acceptors (Lipinski definition) is 9. The van der Waals surface area contributed by atoms with Crippen LogP contribution >= 0.6 is 11.8 Å². The summed E-state index contributed by atoms with van der Waals surface area (Å²) in [5.74, 6) is 1.63. The van der Waals surface area contributed by atoms with Crippen molar-refractivity contribution in [1.82, 2.24) is 24.9 Å². The molecule has 2 heterocycles. The van der Waals surface area contributed by atoms with Crippen LogP contribution in [0.2, 0.25) is 0 Å². The van der Waals surface area contributed by atoms with Gasteiger partial charge in [-0.2, -0.15) is 4.98 Å². The number of thioether (sulfide) groups is 1. The maximum atomic E-state index is 12.4. The number of nitrogens with one attached hydrogen (secondary N) is 1. The van der Waals surface area contributed by atoms with Gasteiger partial charge in [0.05, 0.1) is 12.9 Å². The SMILES string of the molecule is CCn1c(SCC(=O)Nc2cccc(C(C)=O)c2)nnc1-c1nc(-c2ccc(OC)cc2)no1. The van der Waals surface area contributed by atoms with Crippen LogP contribution in [0.1, 0.15) is 24.2 Å². The van der Waals surface area contributed by atoms with E-state index in [0.29, 0.717) is 34.6 Å². The third-order valence-electron chi connectivity index (χ3n) is 4.88. The lowest BCUT2D eigenvalue weighted by molar-refractivity contribution is -0.113. The van der Waals surface area contributed by atoms with Gasteiger partial charge in [0.15, 0.2) is 10.9 Å². The van der Waals surface area contributed by atoms with Gasteiger partial charge in [-0.15, -0.1) is 10.2 Å². The molecule has 0 saturated carbocycles. The Bertz CT molecular complexity index is 1320. The molecule has 0 aliphatic heterocycles. The monoisotopic (exact) mass is 478 g/mol. The third-order valence-corrected chi connectivity index (χ3v) is 5.85. The molecule has 2 aromatic carbocycles. The highest BCUT2D eigenvalue weighted by Gasteiger charge is 2.20. The highest BCUT2D eigenvalue weighted by atomic mass is 32.2. The van der Waals surface area contributed by atoms with Gasteiger partial charge in [0.25, 0.3) is 5.89 Å². The molecule has 0 spiro atoms. The van der Waals surface area contributed by atoms with E-state index in [-0.39, 0.29) is 23.3 Å². The van der Waals surface area contributed by atoms with Gasteiger partial charge >= 0.3 is 0 Å². The van der Waals surface area contributed by atoms with Crippen molar-refractivity contribution < 1.29 is 18.8 Å². The van der Waals surface area contributed by atoms with Crippen LogP contribution in [0.15, 0.2) is 58.2 Å². The molecule has 0 aliphatic carbocycles. The first kappa shape index (κ1) is 23.2. The Morgan fingerprint density at radius 2 is 1.94 bits per heavy atom.